The summed E-state index contributed by atoms with van der Waals surface area (Å²) in [5.41, 5.74) is 3.08. The van der Waals surface area contributed by atoms with E-state index in [1.807, 2.05) is 6.07 Å². The highest BCUT2D eigenvalue weighted by molar-refractivity contribution is 5.92. The molecule has 98 valence electrons. The first-order valence-electron chi connectivity index (χ1n) is 6.63. The molecule has 18 heavy (non-hydrogen) atoms. The molecule has 0 N–H and O–H groups in total. The van der Waals surface area contributed by atoms with Gasteiger partial charge in [0.1, 0.15) is 5.75 Å². The fourth-order valence-corrected chi connectivity index (χ4v) is 2.43. The summed E-state index contributed by atoms with van der Waals surface area (Å²) < 4.78 is 10.5. The lowest BCUT2D eigenvalue weighted by molar-refractivity contribution is 0.0598. The lowest BCUT2D eigenvalue weighted by atomic mass is 9.88. The van der Waals surface area contributed by atoms with Gasteiger partial charge >= 0.3 is 5.97 Å². The summed E-state index contributed by atoms with van der Waals surface area (Å²) in [6, 6.07) is 3.90. The van der Waals surface area contributed by atoms with Gasteiger partial charge in [-0.25, -0.2) is 4.79 Å². The quantitative estimate of drug-likeness (QED) is 0.768. The molecule has 0 saturated carbocycles. The molecule has 0 spiro atoms. The van der Waals surface area contributed by atoms with Crippen LogP contribution in [0.4, 0.5) is 0 Å². The van der Waals surface area contributed by atoms with Crippen molar-refractivity contribution >= 4 is 5.97 Å². The predicted octanol–water partition coefficient (Wildman–Crippen LogP) is 3.14. The second kappa shape index (κ2) is 5.89. The highest BCUT2D eigenvalue weighted by Crippen LogP contribution is 2.29. The Hall–Kier alpha value is -1.51. The molecule has 1 aliphatic rings. The Morgan fingerprint density at radius 1 is 1.28 bits per heavy atom. The Morgan fingerprint density at radius 2 is 2.06 bits per heavy atom. The van der Waals surface area contributed by atoms with Crippen LogP contribution in [0.3, 0.4) is 0 Å². The van der Waals surface area contributed by atoms with Crippen molar-refractivity contribution in [2.75, 3.05) is 13.7 Å². The summed E-state index contributed by atoms with van der Waals surface area (Å²) in [5, 5.41) is 0. The lowest BCUT2D eigenvalue weighted by Crippen LogP contribution is -2.13. The van der Waals surface area contributed by atoms with Crippen LogP contribution in [0.5, 0.6) is 5.75 Å². The summed E-state index contributed by atoms with van der Waals surface area (Å²) in [5.74, 6) is 0.535. The third-order valence-electron chi connectivity index (χ3n) is 3.32. The number of methoxy groups -OCH3 is 1. The first-order chi connectivity index (χ1) is 8.76. The van der Waals surface area contributed by atoms with Gasteiger partial charge in [0.05, 0.1) is 19.3 Å². The fourth-order valence-electron chi connectivity index (χ4n) is 2.43. The maximum atomic E-state index is 11.8. The average molecular weight is 248 g/mol. The van der Waals surface area contributed by atoms with Gasteiger partial charge in [0.2, 0.25) is 0 Å². The number of hydrogen-bond donors (Lipinski definition) is 0. The van der Waals surface area contributed by atoms with E-state index in [0.717, 1.165) is 37.0 Å². The van der Waals surface area contributed by atoms with Gasteiger partial charge in [-0.1, -0.05) is 6.92 Å². The Morgan fingerprint density at radius 3 is 2.78 bits per heavy atom. The molecule has 0 fully saturated rings. The van der Waals surface area contributed by atoms with Crippen molar-refractivity contribution < 1.29 is 14.3 Å². The van der Waals surface area contributed by atoms with Crippen molar-refractivity contribution in [1.82, 2.24) is 0 Å². The van der Waals surface area contributed by atoms with Gasteiger partial charge < -0.3 is 9.47 Å². The SMILES string of the molecule is CCCOc1cc2c(c(C(=O)OC)c1)CCCC2. The smallest absolute Gasteiger partial charge is 0.338 e. The van der Waals surface area contributed by atoms with Crippen LogP contribution in [-0.2, 0) is 17.6 Å². The van der Waals surface area contributed by atoms with Crippen molar-refractivity contribution in [3.8, 4) is 5.75 Å². The third-order valence-corrected chi connectivity index (χ3v) is 3.32. The summed E-state index contributed by atoms with van der Waals surface area (Å²) in [6.07, 6.45) is 5.29. The van der Waals surface area contributed by atoms with Crippen molar-refractivity contribution in [2.45, 2.75) is 39.0 Å². The molecular formula is C15H20O3. The van der Waals surface area contributed by atoms with Gasteiger partial charge in [-0.2, -0.15) is 0 Å². The minimum Gasteiger partial charge on any atom is -0.494 e. The number of aryl methyl sites for hydroxylation is 1. The van der Waals surface area contributed by atoms with E-state index in [-0.39, 0.29) is 5.97 Å². The van der Waals surface area contributed by atoms with Crippen molar-refractivity contribution in [3.05, 3.63) is 28.8 Å². The number of esters is 1. The molecule has 1 aromatic rings. The standard InChI is InChI=1S/C15H20O3/c1-3-8-18-12-9-11-6-4-5-7-13(11)14(10-12)15(16)17-2/h9-10H,3-8H2,1-2H3. The van der Waals surface area contributed by atoms with Crippen LogP contribution in [0, 0.1) is 0 Å². The predicted molar refractivity (Wildman–Crippen MR) is 70.2 cm³/mol. The third kappa shape index (κ3) is 2.66. The maximum Gasteiger partial charge on any atom is 0.338 e. The molecule has 0 radical (unpaired) electrons. The topological polar surface area (TPSA) is 35.5 Å². The van der Waals surface area contributed by atoms with E-state index in [0.29, 0.717) is 12.2 Å². The van der Waals surface area contributed by atoms with Crippen molar-refractivity contribution in [1.29, 1.82) is 0 Å². The molecule has 0 aliphatic heterocycles. The highest BCUT2D eigenvalue weighted by atomic mass is 16.5. The second-order valence-electron chi connectivity index (χ2n) is 4.66. The Kier molecular flexibility index (Phi) is 4.24. The van der Waals surface area contributed by atoms with E-state index >= 15 is 0 Å². The molecular weight excluding hydrogens is 228 g/mol. The summed E-state index contributed by atoms with van der Waals surface area (Å²) >= 11 is 0. The van der Waals surface area contributed by atoms with Crippen LogP contribution in [0.2, 0.25) is 0 Å². The molecule has 0 unspecified atom stereocenters. The highest BCUT2D eigenvalue weighted by Gasteiger charge is 2.20. The molecule has 0 heterocycles. The zero-order valence-corrected chi connectivity index (χ0v) is 11.1. The minimum absolute atomic E-state index is 0.255. The maximum absolute atomic E-state index is 11.8. The second-order valence-corrected chi connectivity index (χ2v) is 4.66. The van der Waals surface area contributed by atoms with Gasteiger partial charge in [0, 0.05) is 0 Å². The van der Waals surface area contributed by atoms with Gasteiger partial charge in [-0.15, -0.1) is 0 Å². The van der Waals surface area contributed by atoms with E-state index in [2.05, 4.69) is 13.0 Å². The fraction of sp³-hybridized carbons (Fsp3) is 0.533. The van der Waals surface area contributed by atoms with E-state index < -0.39 is 0 Å². The lowest BCUT2D eigenvalue weighted by Gasteiger charge is -2.20. The van der Waals surface area contributed by atoms with Crippen LogP contribution in [-0.4, -0.2) is 19.7 Å². The molecule has 1 aliphatic carbocycles. The van der Waals surface area contributed by atoms with E-state index in [9.17, 15) is 4.79 Å². The normalized spacial score (nSPS) is 13.9. The van der Waals surface area contributed by atoms with Gasteiger partial charge in [-0.05, 0) is 55.4 Å². The number of carbonyl (C=O) groups is 1. The molecule has 3 nitrogen and oxygen atoms in total. The number of carbonyl (C=O) groups excluding carboxylic acids is 1. The van der Waals surface area contributed by atoms with E-state index in [1.165, 1.54) is 19.1 Å². The molecule has 0 saturated heterocycles. The molecule has 1 aromatic carbocycles. The zero-order chi connectivity index (χ0) is 13.0. The molecule has 0 amide bonds. The van der Waals surface area contributed by atoms with Crippen molar-refractivity contribution in [2.24, 2.45) is 0 Å². The molecule has 0 bridgehead atoms. The molecule has 0 aromatic heterocycles. The van der Waals surface area contributed by atoms with Crippen LogP contribution < -0.4 is 4.74 Å². The van der Waals surface area contributed by atoms with Crippen LogP contribution in [0.25, 0.3) is 0 Å². The van der Waals surface area contributed by atoms with Gasteiger partial charge in [-0.3, -0.25) is 0 Å². The van der Waals surface area contributed by atoms with Crippen LogP contribution in [0.1, 0.15) is 47.7 Å². The first kappa shape index (κ1) is 12.9. The first-order valence-corrected chi connectivity index (χ1v) is 6.63. The van der Waals surface area contributed by atoms with Gasteiger partial charge in [0.15, 0.2) is 0 Å². The Labute approximate surface area is 108 Å². The minimum atomic E-state index is -0.255. The zero-order valence-electron chi connectivity index (χ0n) is 11.1. The number of ether oxygens (including phenoxy) is 2. The van der Waals surface area contributed by atoms with E-state index in [1.54, 1.807) is 0 Å². The van der Waals surface area contributed by atoms with Crippen LogP contribution in [0.15, 0.2) is 12.1 Å². The number of hydrogen-bond acceptors (Lipinski definition) is 3. The number of rotatable bonds is 4. The van der Waals surface area contributed by atoms with Gasteiger partial charge in [0.25, 0.3) is 0 Å². The van der Waals surface area contributed by atoms with Crippen molar-refractivity contribution in [3.63, 3.8) is 0 Å². The largest absolute Gasteiger partial charge is 0.494 e. The molecule has 3 heteroatoms. The summed E-state index contributed by atoms with van der Waals surface area (Å²) in [6.45, 7) is 2.75. The van der Waals surface area contributed by atoms with Crippen LogP contribution >= 0.6 is 0 Å². The monoisotopic (exact) mass is 248 g/mol. The molecule has 2 rings (SSSR count). The molecule has 0 atom stereocenters. The Balaban J connectivity index is 2.37. The summed E-state index contributed by atoms with van der Waals surface area (Å²) in [7, 11) is 1.43. The summed E-state index contributed by atoms with van der Waals surface area (Å²) in [4.78, 5) is 11.8. The average Bonchev–Trinajstić information content (AvgIpc) is 2.43. The Bertz CT molecular complexity index is 438. The van der Waals surface area contributed by atoms with E-state index in [4.69, 9.17) is 9.47 Å². The number of benzene rings is 1. The number of fused-ring (bicyclic) bond motifs is 1.